The molecule has 0 radical (unpaired) electrons. The van der Waals surface area contributed by atoms with Crippen LogP contribution in [0.5, 0.6) is 0 Å². The highest BCUT2D eigenvalue weighted by molar-refractivity contribution is 5.85. The molecule has 62 valence electrons. The molecule has 2 N–H and O–H groups in total. The molecule has 2 nitrogen and oxygen atoms in total. The quantitative estimate of drug-likeness (QED) is 0.602. The molecule has 1 fully saturated rings. The first-order chi connectivity index (χ1) is 4.14. The van der Waals surface area contributed by atoms with Gasteiger partial charge < -0.3 is 10.4 Å². The van der Waals surface area contributed by atoms with Gasteiger partial charge in [0.1, 0.15) is 0 Å². The van der Waals surface area contributed by atoms with E-state index in [1.165, 1.54) is 0 Å². The van der Waals surface area contributed by atoms with Gasteiger partial charge in [0, 0.05) is 12.5 Å². The molecule has 0 bridgehead atoms. The van der Waals surface area contributed by atoms with Gasteiger partial charge >= 0.3 is 0 Å². The smallest absolute Gasteiger partial charge is 0.261 e. The van der Waals surface area contributed by atoms with Crippen molar-refractivity contribution in [2.75, 3.05) is 13.2 Å². The molecular formula is C5H10ClF2NO. The maximum atomic E-state index is 12.2. The van der Waals surface area contributed by atoms with Crippen molar-refractivity contribution in [2.24, 2.45) is 0 Å². The second-order valence-electron chi connectivity index (χ2n) is 2.32. The van der Waals surface area contributed by atoms with Crippen LogP contribution in [-0.2, 0) is 0 Å². The lowest BCUT2D eigenvalue weighted by Crippen LogP contribution is -2.25. The molecule has 1 heterocycles. The lowest BCUT2D eigenvalue weighted by Gasteiger charge is -2.04. The van der Waals surface area contributed by atoms with Gasteiger partial charge in [0.2, 0.25) is 0 Å². The third-order valence-corrected chi connectivity index (χ3v) is 1.41. The molecule has 1 rings (SSSR count). The zero-order valence-electron chi connectivity index (χ0n) is 5.31. The largest absolute Gasteiger partial charge is 0.395 e. The Balaban J connectivity index is 0.000000810. The Morgan fingerprint density at radius 3 is 2.40 bits per heavy atom. The molecule has 0 aromatic heterocycles. The minimum atomic E-state index is -2.60. The van der Waals surface area contributed by atoms with Crippen molar-refractivity contribution in [3.8, 4) is 0 Å². The van der Waals surface area contributed by atoms with E-state index >= 15 is 0 Å². The molecule has 1 atom stereocenters. The summed E-state index contributed by atoms with van der Waals surface area (Å²) in [5.74, 6) is -2.60. The molecule has 1 aliphatic rings. The second kappa shape index (κ2) is 3.46. The van der Waals surface area contributed by atoms with Crippen molar-refractivity contribution in [1.82, 2.24) is 5.32 Å². The van der Waals surface area contributed by atoms with E-state index in [2.05, 4.69) is 5.32 Å². The number of halogens is 3. The summed E-state index contributed by atoms with van der Waals surface area (Å²) >= 11 is 0. The van der Waals surface area contributed by atoms with E-state index in [1.807, 2.05) is 0 Å². The Morgan fingerprint density at radius 1 is 1.60 bits per heavy atom. The molecule has 0 spiro atoms. The maximum absolute atomic E-state index is 12.2. The van der Waals surface area contributed by atoms with Crippen LogP contribution in [0.3, 0.4) is 0 Å². The highest BCUT2D eigenvalue weighted by Crippen LogP contribution is 2.24. The van der Waals surface area contributed by atoms with Gasteiger partial charge in [-0.3, -0.25) is 0 Å². The summed E-state index contributed by atoms with van der Waals surface area (Å²) < 4.78 is 24.4. The SMILES string of the molecule is Cl.OC[C@H]1CC(F)(F)CN1. The monoisotopic (exact) mass is 173 g/mol. The minimum absolute atomic E-state index is 0. The number of alkyl halides is 2. The van der Waals surface area contributed by atoms with Crippen molar-refractivity contribution < 1.29 is 13.9 Å². The Labute approximate surface area is 64.0 Å². The summed E-state index contributed by atoms with van der Waals surface area (Å²) in [6.07, 6.45) is -0.233. The Morgan fingerprint density at radius 2 is 2.20 bits per heavy atom. The molecule has 0 aromatic carbocycles. The van der Waals surface area contributed by atoms with Crippen LogP contribution in [0.2, 0.25) is 0 Å². The zero-order valence-corrected chi connectivity index (χ0v) is 6.13. The average molecular weight is 174 g/mol. The normalized spacial score (nSPS) is 29.7. The summed E-state index contributed by atoms with van der Waals surface area (Å²) in [5, 5.41) is 10.9. The topological polar surface area (TPSA) is 32.3 Å². The van der Waals surface area contributed by atoms with Gasteiger partial charge in [-0.15, -0.1) is 12.4 Å². The van der Waals surface area contributed by atoms with Crippen molar-refractivity contribution in [1.29, 1.82) is 0 Å². The lowest BCUT2D eigenvalue weighted by atomic mass is 10.2. The molecule has 0 aromatic rings. The van der Waals surface area contributed by atoms with Crippen LogP contribution in [-0.4, -0.2) is 30.2 Å². The van der Waals surface area contributed by atoms with Crippen LogP contribution in [0, 0.1) is 0 Å². The average Bonchev–Trinajstić information content (AvgIpc) is 2.10. The number of nitrogens with one attached hydrogen (secondary N) is 1. The first kappa shape index (κ1) is 10.1. The number of rotatable bonds is 1. The molecule has 0 unspecified atom stereocenters. The minimum Gasteiger partial charge on any atom is -0.395 e. The van der Waals surface area contributed by atoms with E-state index in [9.17, 15) is 8.78 Å². The first-order valence-electron chi connectivity index (χ1n) is 2.86. The molecule has 1 aliphatic heterocycles. The van der Waals surface area contributed by atoms with Crippen LogP contribution in [0.1, 0.15) is 6.42 Å². The first-order valence-corrected chi connectivity index (χ1v) is 2.86. The van der Waals surface area contributed by atoms with E-state index < -0.39 is 12.0 Å². The van der Waals surface area contributed by atoms with Crippen molar-refractivity contribution in [2.45, 2.75) is 18.4 Å². The van der Waals surface area contributed by atoms with E-state index in [0.29, 0.717) is 0 Å². The number of aliphatic hydroxyl groups is 1. The highest BCUT2D eigenvalue weighted by Gasteiger charge is 2.38. The van der Waals surface area contributed by atoms with Crippen LogP contribution in [0.15, 0.2) is 0 Å². The Hall–Kier alpha value is 0.0700. The Kier molecular flexibility index (Phi) is 3.48. The number of hydrogen-bond acceptors (Lipinski definition) is 2. The zero-order chi connectivity index (χ0) is 6.91. The van der Waals surface area contributed by atoms with E-state index in [0.717, 1.165) is 0 Å². The maximum Gasteiger partial charge on any atom is 0.261 e. The second-order valence-corrected chi connectivity index (χ2v) is 2.32. The summed E-state index contributed by atoms with van der Waals surface area (Å²) in [6.45, 7) is -0.492. The molecule has 0 amide bonds. The van der Waals surface area contributed by atoms with Gasteiger partial charge in [-0.1, -0.05) is 0 Å². The fraction of sp³-hybridized carbons (Fsp3) is 1.00. The summed E-state index contributed by atoms with van der Waals surface area (Å²) in [4.78, 5) is 0. The van der Waals surface area contributed by atoms with Gasteiger partial charge in [-0.2, -0.15) is 0 Å². The third kappa shape index (κ3) is 2.36. The van der Waals surface area contributed by atoms with Gasteiger partial charge in [-0.05, 0) is 0 Å². The lowest BCUT2D eigenvalue weighted by molar-refractivity contribution is 0.0192. The van der Waals surface area contributed by atoms with Crippen molar-refractivity contribution >= 4 is 12.4 Å². The van der Waals surface area contributed by atoms with E-state index in [4.69, 9.17) is 5.11 Å². The van der Waals surface area contributed by atoms with Crippen LogP contribution >= 0.6 is 12.4 Å². The number of aliphatic hydroxyl groups excluding tert-OH is 1. The highest BCUT2D eigenvalue weighted by atomic mass is 35.5. The third-order valence-electron chi connectivity index (χ3n) is 1.41. The van der Waals surface area contributed by atoms with Gasteiger partial charge in [0.15, 0.2) is 0 Å². The standard InChI is InChI=1S/C5H9F2NO.ClH/c6-5(7)1-4(2-9)8-3-5;/h4,8-9H,1-3H2;1H/t4-;/m1./s1. The molecule has 5 heteroatoms. The van der Waals surface area contributed by atoms with Gasteiger partial charge in [-0.25, -0.2) is 8.78 Å². The van der Waals surface area contributed by atoms with Gasteiger partial charge in [0.25, 0.3) is 5.92 Å². The van der Waals surface area contributed by atoms with E-state index in [1.54, 1.807) is 0 Å². The molecule has 0 saturated carbocycles. The van der Waals surface area contributed by atoms with Crippen LogP contribution in [0.4, 0.5) is 8.78 Å². The van der Waals surface area contributed by atoms with Crippen LogP contribution < -0.4 is 5.32 Å². The Bertz CT molecular complexity index is 112. The van der Waals surface area contributed by atoms with Crippen molar-refractivity contribution in [3.05, 3.63) is 0 Å². The van der Waals surface area contributed by atoms with Crippen LogP contribution in [0.25, 0.3) is 0 Å². The summed E-state index contributed by atoms with van der Waals surface area (Å²) in [5.41, 5.74) is 0. The molecule has 10 heavy (non-hydrogen) atoms. The fourth-order valence-corrected chi connectivity index (χ4v) is 0.928. The summed E-state index contributed by atoms with van der Waals surface area (Å²) in [6, 6.07) is -0.403. The van der Waals surface area contributed by atoms with E-state index in [-0.39, 0.29) is 32.0 Å². The summed E-state index contributed by atoms with van der Waals surface area (Å²) in [7, 11) is 0. The molecule has 1 saturated heterocycles. The predicted octanol–water partition coefficient (Wildman–Crippen LogP) is 0.398. The molecule has 0 aliphatic carbocycles. The fourth-order valence-electron chi connectivity index (χ4n) is 0.928. The number of hydrogen-bond donors (Lipinski definition) is 2. The van der Waals surface area contributed by atoms with Crippen molar-refractivity contribution in [3.63, 3.8) is 0 Å². The van der Waals surface area contributed by atoms with Gasteiger partial charge in [0.05, 0.1) is 13.2 Å². The predicted molar refractivity (Wildman–Crippen MR) is 35.7 cm³/mol. The molecular weight excluding hydrogens is 164 g/mol.